The number of Topliss-reactive ketones (excluding diaryl/α,β-unsaturated/α-hetero) is 1. The van der Waals surface area contributed by atoms with Gasteiger partial charge in [-0.1, -0.05) is 58.0 Å². The minimum absolute atomic E-state index is 0.0370. The van der Waals surface area contributed by atoms with Crippen LogP contribution in [-0.4, -0.2) is 60.4 Å². The molecule has 8 nitrogen and oxygen atoms in total. The number of hydrogen-bond acceptors (Lipinski definition) is 6. The van der Waals surface area contributed by atoms with Crippen LogP contribution in [0.1, 0.15) is 46.1 Å². The van der Waals surface area contributed by atoms with Crippen molar-refractivity contribution in [3.63, 3.8) is 0 Å². The van der Waals surface area contributed by atoms with E-state index in [9.17, 15) is 14.4 Å². The third-order valence-electron chi connectivity index (χ3n) is 5.36. The Balaban J connectivity index is 1.86. The van der Waals surface area contributed by atoms with Gasteiger partial charge >= 0.3 is 6.09 Å². The molecule has 0 saturated carbocycles. The predicted octanol–water partition coefficient (Wildman–Crippen LogP) is 2.07. The number of nitrogens with zero attached hydrogens (tertiary/aromatic N) is 1. The van der Waals surface area contributed by atoms with Gasteiger partial charge in [-0.15, -0.1) is 0 Å². The van der Waals surface area contributed by atoms with Gasteiger partial charge in [0.15, 0.2) is 5.78 Å². The first-order valence-corrected chi connectivity index (χ1v) is 11.4. The summed E-state index contributed by atoms with van der Waals surface area (Å²) in [4.78, 5) is 39.0. The average Bonchev–Trinajstić information content (AvgIpc) is 3.04. The molecule has 0 aromatic heterocycles. The lowest BCUT2D eigenvalue weighted by Gasteiger charge is -2.25. The van der Waals surface area contributed by atoms with E-state index >= 15 is 0 Å². The van der Waals surface area contributed by atoms with Crippen molar-refractivity contribution in [2.45, 2.75) is 65.3 Å². The molecule has 1 aliphatic heterocycles. The van der Waals surface area contributed by atoms with Gasteiger partial charge in [0, 0.05) is 19.1 Å². The van der Waals surface area contributed by atoms with Crippen LogP contribution < -0.4 is 16.4 Å². The smallest absolute Gasteiger partial charge is 0.407 e. The second-order valence-corrected chi connectivity index (χ2v) is 9.49. The summed E-state index contributed by atoms with van der Waals surface area (Å²) in [5, 5.41) is 5.72. The highest BCUT2D eigenvalue weighted by atomic mass is 16.5. The normalized spacial score (nSPS) is 18.6. The fourth-order valence-electron chi connectivity index (χ4n) is 3.91. The van der Waals surface area contributed by atoms with Crippen LogP contribution in [-0.2, 0) is 20.9 Å². The maximum absolute atomic E-state index is 12.4. The Bertz CT molecular complexity index is 754. The van der Waals surface area contributed by atoms with Crippen molar-refractivity contribution >= 4 is 17.8 Å². The lowest BCUT2D eigenvalue weighted by Crippen LogP contribution is -2.49. The Morgan fingerprint density at radius 3 is 2.41 bits per heavy atom. The largest absolute Gasteiger partial charge is 0.445 e. The lowest BCUT2D eigenvalue weighted by molar-refractivity contribution is -0.127. The van der Waals surface area contributed by atoms with Crippen LogP contribution in [0.15, 0.2) is 30.3 Å². The zero-order valence-corrected chi connectivity index (χ0v) is 19.7. The summed E-state index contributed by atoms with van der Waals surface area (Å²) in [5.74, 6) is 0.332. The van der Waals surface area contributed by atoms with Gasteiger partial charge in [-0.2, -0.15) is 0 Å². The zero-order chi connectivity index (χ0) is 23.7. The second kappa shape index (κ2) is 12.6. The van der Waals surface area contributed by atoms with Crippen molar-refractivity contribution in [1.82, 2.24) is 15.5 Å². The minimum atomic E-state index is -0.619. The molecule has 178 valence electrons. The molecule has 1 heterocycles. The first kappa shape index (κ1) is 25.8. The molecule has 3 atom stereocenters. The number of ketones is 1. The molecule has 8 heteroatoms. The number of likely N-dealkylation sites (tertiary alicyclic amines) is 1. The van der Waals surface area contributed by atoms with E-state index in [-0.39, 0.29) is 30.9 Å². The highest BCUT2D eigenvalue weighted by molar-refractivity contribution is 5.93. The van der Waals surface area contributed by atoms with E-state index in [0.29, 0.717) is 31.3 Å². The Kier molecular flexibility index (Phi) is 10.1. The van der Waals surface area contributed by atoms with E-state index in [2.05, 4.69) is 24.5 Å². The summed E-state index contributed by atoms with van der Waals surface area (Å²) in [6.45, 7) is 9.53. The van der Waals surface area contributed by atoms with Crippen LogP contribution in [0.5, 0.6) is 0 Å². The molecule has 0 radical (unpaired) electrons. The zero-order valence-electron chi connectivity index (χ0n) is 19.7. The number of carbonyl (C=O) groups is 3. The van der Waals surface area contributed by atoms with E-state index in [4.69, 9.17) is 10.5 Å². The molecule has 2 amide bonds. The first-order chi connectivity index (χ1) is 15.1. The number of benzene rings is 1. The SMILES string of the molecule is CC(C)C[C@@H](CN1CC(=O)C(NC(=O)[C@@H](N)CC(C)C)C1)NC(=O)OCc1ccccc1. The van der Waals surface area contributed by atoms with Crippen LogP contribution in [0.3, 0.4) is 0 Å². The van der Waals surface area contributed by atoms with E-state index in [0.717, 1.165) is 12.0 Å². The number of alkyl carbamates (subject to hydrolysis) is 1. The van der Waals surface area contributed by atoms with E-state index in [1.54, 1.807) is 0 Å². The number of ether oxygens (including phenoxy) is 1. The molecule has 0 aliphatic carbocycles. The van der Waals surface area contributed by atoms with Gasteiger partial charge in [0.25, 0.3) is 0 Å². The number of amides is 2. The number of rotatable bonds is 11. The molecule has 0 bridgehead atoms. The quantitative estimate of drug-likeness (QED) is 0.480. The molecule has 1 unspecified atom stereocenters. The second-order valence-electron chi connectivity index (χ2n) is 9.49. The topological polar surface area (TPSA) is 114 Å². The van der Waals surface area contributed by atoms with Crippen molar-refractivity contribution in [3.05, 3.63) is 35.9 Å². The monoisotopic (exact) mass is 446 g/mol. The summed E-state index contributed by atoms with van der Waals surface area (Å²) in [7, 11) is 0. The summed E-state index contributed by atoms with van der Waals surface area (Å²) in [5.41, 5.74) is 6.86. The molecule has 4 N–H and O–H groups in total. The third-order valence-corrected chi connectivity index (χ3v) is 5.36. The number of carbonyl (C=O) groups excluding carboxylic acids is 3. The number of hydrogen-bond donors (Lipinski definition) is 3. The van der Waals surface area contributed by atoms with Gasteiger partial charge in [-0.3, -0.25) is 14.5 Å². The Labute approximate surface area is 191 Å². The molecular formula is C24H38N4O4. The highest BCUT2D eigenvalue weighted by Crippen LogP contribution is 2.13. The molecule has 1 aliphatic rings. The van der Waals surface area contributed by atoms with Gasteiger partial charge in [0.2, 0.25) is 5.91 Å². The first-order valence-electron chi connectivity index (χ1n) is 11.4. The molecule has 1 aromatic rings. The fraction of sp³-hybridized carbons (Fsp3) is 0.625. The molecular weight excluding hydrogens is 408 g/mol. The van der Waals surface area contributed by atoms with Crippen molar-refractivity contribution in [1.29, 1.82) is 0 Å². The molecule has 0 spiro atoms. The van der Waals surface area contributed by atoms with E-state index in [1.165, 1.54) is 0 Å². The predicted molar refractivity (Wildman–Crippen MR) is 124 cm³/mol. The summed E-state index contributed by atoms with van der Waals surface area (Å²) < 4.78 is 5.35. The summed E-state index contributed by atoms with van der Waals surface area (Å²) >= 11 is 0. The highest BCUT2D eigenvalue weighted by Gasteiger charge is 2.34. The Hall–Kier alpha value is -2.45. The standard InChI is InChI=1S/C24H38N4O4/c1-16(2)10-19(26-24(31)32-15-18-8-6-5-7-9-18)12-28-13-21(22(29)14-28)27-23(30)20(25)11-17(3)4/h5-9,16-17,19-21H,10-15,25H2,1-4H3,(H,26,31)(H,27,30)/t19-,20-,21?/m0/s1. The van der Waals surface area contributed by atoms with Crippen LogP contribution in [0.4, 0.5) is 4.79 Å². The van der Waals surface area contributed by atoms with Gasteiger partial charge in [-0.05, 0) is 30.2 Å². The molecule has 2 rings (SSSR count). The molecule has 1 fully saturated rings. The molecule has 1 saturated heterocycles. The molecule has 32 heavy (non-hydrogen) atoms. The number of nitrogens with one attached hydrogen (secondary N) is 2. The van der Waals surface area contributed by atoms with E-state index < -0.39 is 18.2 Å². The van der Waals surface area contributed by atoms with Crippen molar-refractivity contribution in [3.8, 4) is 0 Å². The Morgan fingerprint density at radius 2 is 1.78 bits per heavy atom. The van der Waals surface area contributed by atoms with Crippen LogP contribution in [0.25, 0.3) is 0 Å². The fourth-order valence-corrected chi connectivity index (χ4v) is 3.91. The Morgan fingerprint density at radius 1 is 1.12 bits per heavy atom. The summed E-state index contributed by atoms with van der Waals surface area (Å²) in [6, 6.07) is 8.15. The van der Waals surface area contributed by atoms with Gasteiger partial charge in [0.05, 0.1) is 12.6 Å². The van der Waals surface area contributed by atoms with Crippen molar-refractivity contribution < 1.29 is 19.1 Å². The van der Waals surface area contributed by atoms with Gasteiger partial charge in [0.1, 0.15) is 12.6 Å². The van der Waals surface area contributed by atoms with Crippen molar-refractivity contribution in [2.75, 3.05) is 19.6 Å². The number of nitrogens with two attached hydrogens (primary N) is 1. The van der Waals surface area contributed by atoms with Crippen molar-refractivity contribution in [2.24, 2.45) is 17.6 Å². The van der Waals surface area contributed by atoms with Crippen LogP contribution in [0, 0.1) is 11.8 Å². The molecule has 1 aromatic carbocycles. The van der Waals surface area contributed by atoms with Gasteiger partial charge < -0.3 is 21.1 Å². The van der Waals surface area contributed by atoms with Crippen LogP contribution in [0.2, 0.25) is 0 Å². The lowest BCUT2D eigenvalue weighted by atomic mass is 10.0. The average molecular weight is 447 g/mol. The summed E-state index contributed by atoms with van der Waals surface area (Å²) in [6.07, 6.45) is 0.845. The third kappa shape index (κ3) is 8.96. The maximum atomic E-state index is 12.4. The van der Waals surface area contributed by atoms with Crippen LogP contribution >= 0.6 is 0 Å². The van der Waals surface area contributed by atoms with E-state index in [1.807, 2.05) is 49.1 Å². The van der Waals surface area contributed by atoms with Gasteiger partial charge in [-0.25, -0.2) is 4.79 Å². The minimum Gasteiger partial charge on any atom is -0.445 e. The maximum Gasteiger partial charge on any atom is 0.407 e.